The van der Waals surface area contributed by atoms with Crippen LogP contribution in [-0.4, -0.2) is 26.2 Å². The number of rotatable bonds is 3. The average Bonchev–Trinajstić information content (AvgIpc) is 3.04. The molecule has 1 fully saturated rings. The lowest BCUT2D eigenvalue weighted by molar-refractivity contribution is -0.497. The Labute approximate surface area is 139 Å². The van der Waals surface area contributed by atoms with Crippen molar-refractivity contribution in [1.29, 1.82) is 0 Å². The van der Waals surface area contributed by atoms with Gasteiger partial charge in [0.05, 0.1) is 6.26 Å². The minimum absolute atomic E-state index is 0.336. The molecule has 1 aliphatic heterocycles. The third kappa shape index (κ3) is 2.76. The van der Waals surface area contributed by atoms with Gasteiger partial charge in [-0.2, -0.15) is 4.74 Å². The van der Waals surface area contributed by atoms with Gasteiger partial charge in [-0.1, -0.05) is 42.2 Å². The molecule has 1 aromatic heterocycles. The maximum absolute atomic E-state index is 12.7. The van der Waals surface area contributed by atoms with Gasteiger partial charge in [0, 0.05) is 5.69 Å². The number of nitrogens with zero attached hydrogens (tertiary/aromatic N) is 2. The van der Waals surface area contributed by atoms with E-state index in [-0.39, 0.29) is 4.75 Å². The quantitative estimate of drug-likeness (QED) is 0.281. The summed E-state index contributed by atoms with van der Waals surface area (Å²) in [4.78, 5) is 1.91. The number of benzene rings is 1. The lowest BCUT2D eigenvalue weighted by Gasteiger charge is -2.29. The first-order valence-electron chi connectivity index (χ1n) is 6.90. The zero-order valence-electron chi connectivity index (χ0n) is 12.3. The highest BCUT2D eigenvalue weighted by molar-refractivity contribution is 8.24. The zero-order chi connectivity index (χ0) is 15.7. The van der Waals surface area contributed by atoms with E-state index in [0.717, 1.165) is 10.4 Å². The largest absolute Gasteiger partial charge is 0.622 e. The Morgan fingerprint density at radius 1 is 1.27 bits per heavy atom. The van der Waals surface area contributed by atoms with Crippen LogP contribution in [0.4, 0.5) is 5.69 Å². The topological polar surface area (TPSA) is 42.5 Å². The molecular weight excluding hydrogens is 316 g/mol. The molecule has 22 heavy (non-hydrogen) atoms. The molecule has 0 saturated carbocycles. The molecule has 1 atom stereocenters. The molecule has 3 rings (SSSR count). The smallest absolute Gasteiger partial charge is 0.258 e. The van der Waals surface area contributed by atoms with Crippen LogP contribution in [0.5, 0.6) is 0 Å². The molecule has 2 aromatic rings. The van der Waals surface area contributed by atoms with Gasteiger partial charge >= 0.3 is 0 Å². The van der Waals surface area contributed by atoms with Crippen molar-refractivity contribution >= 4 is 40.2 Å². The predicted octanol–water partition coefficient (Wildman–Crippen LogP) is 3.85. The molecule has 0 spiro atoms. The summed E-state index contributed by atoms with van der Waals surface area (Å²) in [6, 6.07) is 13.3. The minimum atomic E-state index is -0.433. The van der Waals surface area contributed by atoms with Crippen molar-refractivity contribution in [2.45, 2.75) is 24.8 Å². The Morgan fingerprint density at radius 3 is 2.64 bits per heavy atom. The van der Waals surface area contributed by atoms with Crippen LogP contribution in [0.25, 0.3) is 0 Å². The molecule has 6 heteroatoms. The Morgan fingerprint density at radius 2 is 2.00 bits per heavy atom. The van der Waals surface area contributed by atoms with E-state index in [1.165, 1.54) is 18.0 Å². The Balaban J connectivity index is 2.03. The molecule has 1 saturated heterocycles. The van der Waals surface area contributed by atoms with Crippen molar-refractivity contribution in [3.63, 3.8) is 0 Å². The summed E-state index contributed by atoms with van der Waals surface area (Å²) in [5.41, 5.74) is 0.921. The average molecular weight is 332 g/mol. The van der Waals surface area contributed by atoms with Gasteiger partial charge < -0.3 is 9.62 Å². The zero-order valence-corrected chi connectivity index (χ0v) is 13.9. The first-order chi connectivity index (χ1) is 10.5. The monoisotopic (exact) mass is 332 g/mol. The van der Waals surface area contributed by atoms with E-state index in [1.807, 2.05) is 49.1 Å². The molecule has 2 heterocycles. The fraction of sp³-hybridized carbons (Fsp3) is 0.250. The molecule has 1 aliphatic rings. The molecule has 1 unspecified atom stereocenters. The van der Waals surface area contributed by atoms with Crippen molar-refractivity contribution in [3.05, 3.63) is 59.7 Å². The third-order valence-electron chi connectivity index (χ3n) is 3.49. The second-order valence-electron chi connectivity index (χ2n) is 5.56. The molecule has 0 amide bonds. The SMILES string of the molecule is CC1(C)SC(=S)N(c2ccccc2)C1[N+]([O-])=Cc1ccco1. The van der Waals surface area contributed by atoms with Crippen LogP contribution in [0.15, 0.2) is 53.1 Å². The highest BCUT2D eigenvalue weighted by atomic mass is 32.2. The van der Waals surface area contributed by atoms with E-state index in [4.69, 9.17) is 16.6 Å². The van der Waals surface area contributed by atoms with Crippen molar-refractivity contribution < 1.29 is 9.16 Å². The fourth-order valence-corrected chi connectivity index (χ4v) is 4.47. The van der Waals surface area contributed by atoms with Gasteiger partial charge in [-0.3, -0.25) is 4.90 Å². The lowest BCUT2D eigenvalue weighted by Crippen LogP contribution is -2.48. The van der Waals surface area contributed by atoms with Gasteiger partial charge in [0.1, 0.15) is 9.07 Å². The number of hydrogen-bond donors (Lipinski definition) is 0. The van der Waals surface area contributed by atoms with Crippen molar-refractivity contribution in [2.75, 3.05) is 4.90 Å². The molecule has 114 valence electrons. The summed E-state index contributed by atoms with van der Waals surface area (Å²) >= 11 is 7.04. The second-order valence-corrected chi connectivity index (χ2v) is 7.84. The van der Waals surface area contributed by atoms with E-state index in [0.29, 0.717) is 10.1 Å². The summed E-state index contributed by atoms with van der Waals surface area (Å²) in [5, 5.41) is 12.7. The first-order valence-corrected chi connectivity index (χ1v) is 8.12. The van der Waals surface area contributed by atoms with Gasteiger partial charge in [-0.15, -0.1) is 0 Å². The number of thiocarbonyl (C=S) groups is 1. The van der Waals surface area contributed by atoms with Gasteiger partial charge in [0.25, 0.3) is 6.17 Å². The second kappa shape index (κ2) is 5.78. The number of anilines is 1. The lowest BCUT2D eigenvalue weighted by atomic mass is 10.1. The molecule has 0 aliphatic carbocycles. The molecule has 0 bridgehead atoms. The van der Waals surface area contributed by atoms with Gasteiger partial charge in [-0.25, -0.2) is 0 Å². The Bertz CT molecular complexity index is 696. The molecular formula is C16H16N2O2S2. The highest BCUT2D eigenvalue weighted by Gasteiger charge is 2.51. The molecule has 1 aromatic carbocycles. The Kier molecular flexibility index (Phi) is 3.97. The third-order valence-corrected chi connectivity index (χ3v) is 5.04. The highest BCUT2D eigenvalue weighted by Crippen LogP contribution is 2.43. The maximum atomic E-state index is 12.7. The number of hydroxylamine groups is 1. The molecule has 4 nitrogen and oxygen atoms in total. The molecule has 0 radical (unpaired) electrons. The van der Waals surface area contributed by atoms with Gasteiger partial charge in [-0.05, 0) is 38.1 Å². The summed E-state index contributed by atoms with van der Waals surface area (Å²) in [5.74, 6) is 0.529. The number of thioether (sulfide) groups is 1. The van der Waals surface area contributed by atoms with Crippen molar-refractivity contribution in [1.82, 2.24) is 0 Å². The predicted molar refractivity (Wildman–Crippen MR) is 94.5 cm³/mol. The van der Waals surface area contributed by atoms with Crippen LogP contribution in [-0.2, 0) is 0 Å². The van der Waals surface area contributed by atoms with Crippen LogP contribution in [0.1, 0.15) is 19.6 Å². The fourth-order valence-electron chi connectivity index (χ4n) is 2.55. The van der Waals surface area contributed by atoms with Crippen LogP contribution >= 0.6 is 24.0 Å². The van der Waals surface area contributed by atoms with Gasteiger partial charge in [0.15, 0.2) is 5.76 Å². The first kappa shape index (κ1) is 15.1. The number of para-hydroxylation sites is 1. The summed E-state index contributed by atoms with van der Waals surface area (Å²) < 4.78 is 6.54. The van der Waals surface area contributed by atoms with E-state index in [1.54, 1.807) is 18.4 Å². The van der Waals surface area contributed by atoms with E-state index < -0.39 is 6.17 Å². The van der Waals surface area contributed by atoms with Crippen LogP contribution in [0.3, 0.4) is 0 Å². The van der Waals surface area contributed by atoms with Crippen LogP contribution < -0.4 is 4.90 Å². The standard InChI is InChI=1S/C16H16N2O2S2/c1-16(2)14(17(19)11-13-9-6-10-20-13)18(15(21)22-16)12-7-4-3-5-8-12/h3-11,14H,1-2H3. The van der Waals surface area contributed by atoms with Crippen molar-refractivity contribution in [2.24, 2.45) is 0 Å². The summed E-state index contributed by atoms with van der Waals surface area (Å²) in [7, 11) is 0. The summed E-state index contributed by atoms with van der Waals surface area (Å²) in [6.07, 6.45) is 2.59. The van der Waals surface area contributed by atoms with E-state index >= 15 is 0 Å². The number of furan rings is 1. The van der Waals surface area contributed by atoms with Crippen LogP contribution in [0, 0.1) is 5.21 Å². The van der Waals surface area contributed by atoms with E-state index in [2.05, 4.69) is 0 Å². The normalized spacial score (nSPS) is 21.4. The minimum Gasteiger partial charge on any atom is -0.622 e. The number of hydrogen-bond acceptors (Lipinski definition) is 4. The van der Waals surface area contributed by atoms with Gasteiger partial charge in [0.2, 0.25) is 6.21 Å². The maximum Gasteiger partial charge on any atom is 0.258 e. The van der Waals surface area contributed by atoms with E-state index in [9.17, 15) is 5.21 Å². The summed E-state index contributed by atoms with van der Waals surface area (Å²) in [6.45, 7) is 4.05. The Hall–Kier alpha value is -1.79. The van der Waals surface area contributed by atoms with Crippen molar-refractivity contribution in [3.8, 4) is 0 Å². The van der Waals surface area contributed by atoms with Crippen LogP contribution in [0.2, 0.25) is 0 Å². The molecule has 0 N–H and O–H groups in total.